The molecule has 0 spiro atoms. The van der Waals surface area contributed by atoms with E-state index in [1.807, 2.05) is 58.0 Å². The number of hydrogen-bond donors (Lipinski definition) is 1. The van der Waals surface area contributed by atoms with Crippen LogP contribution in [0.4, 0.5) is 10.5 Å². The van der Waals surface area contributed by atoms with Crippen LogP contribution in [0.25, 0.3) is 11.1 Å². The van der Waals surface area contributed by atoms with Crippen LogP contribution in [0.5, 0.6) is 5.75 Å². The third kappa shape index (κ3) is 5.23. The lowest BCUT2D eigenvalue weighted by Crippen LogP contribution is -2.28. The summed E-state index contributed by atoms with van der Waals surface area (Å²) < 4.78 is 16.9. The van der Waals surface area contributed by atoms with Crippen molar-refractivity contribution in [1.82, 2.24) is 0 Å². The number of anilines is 1. The molecule has 188 valence electrons. The zero-order valence-electron chi connectivity index (χ0n) is 21.5. The Labute approximate surface area is 212 Å². The Morgan fingerprint density at radius 2 is 1.53 bits per heavy atom. The number of esters is 1. The smallest absolute Gasteiger partial charge is 0.411 e. The van der Waals surface area contributed by atoms with Crippen LogP contribution in [0.15, 0.2) is 66.7 Å². The number of para-hydroxylation sites is 1. The maximum absolute atomic E-state index is 12.9. The van der Waals surface area contributed by atoms with Gasteiger partial charge in [-0.1, -0.05) is 67.6 Å². The second kappa shape index (κ2) is 10.4. The molecule has 0 radical (unpaired) electrons. The minimum atomic E-state index is -0.602. The maximum Gasteiger partial charge on any atom is 0.411 e. The molecule has 36 heavy (non-hydrogen) atoms. The molecule has 1 aliphatic carbocycles. The van der Waals surface area contributed by atoms with Gasteiger partial charge in [-0.25, -0.2) is 4.79 Å². The van der Waals surface area contributed by atoms with Gasteiger partial charge in [-0.3, -0.25) is 10.1 Å². The fourth-order valence-corrected chi connectivity index (χ4v) is 4.79. The van der Waals surface area contributed by atoms with E-state index in [0.29, 0.717) is 23.4 Å². The summed E-state index contributed by atoms with van der Waals surface area (Å²) in [5, 5.41) is 2.80. The van der Waals surface area contributed by atoms with Crippen LogP contribution in [0.2, 0.25) is 0 Å². The van der Waals surface area contributed by atoms with E-state index >= 15 is 0 Å². The minimum absolute atomic E-state index is 0.0342. The summed E-state index contributed by atoms with van der Waals surface area (Å²) in [6.07, 6.45) is -0.0581. The summed E-state index contributed by atoms with van der Waals surface area (Å²) in [4.78, 5) is 25.7. The number of ether oxygens (including phenoxy) is 3. The Bertz CT molecular complexity index is 1210. The van der Waals surface area contributed by atoms with Gasteiger partial charge in [0.15, 0.2) is 0 Å². The number of carbonyl (C=O) groups excluding carboxylic acids is 2. The predicted octanol–water partition coefficient (Wildman–Crippen LogP) is 6.89. The first-order chi connectivity index (χ1) is 17.2. The van der Waals surface area contributed by atoms with E-state index in [0.717, 1.165) is 11.1 Å². The zero-order chi connectivity index (χ0) is 25.9. The molecule has 0 saturated carbocycles. The Kier molecular flexibility index (Phi) is 7.34. The van der Waals surface area contributed by atoms with Crippen molar-refractivity contribution in [2.75, 3.05) is 19.0 Å². The fraction of sp³-hybridized carbons (Fsp3) is 0.333. The lowest BCUT2D eigenvalue weighted by atomic mass is 9.94. The van der Waals surface area contributed by atoms with E-state index in [1.54, 1.807) is 12.1 Å². The summed E-state index contributed by atoms with van der Waals surface area (Å²) in [6.45, 7) is 7.63. The normalized spacial score (nSPS) is 13.4. The number of amides is 1. The number of nitrogens with one attached hydrogen (secondary N) is 1. The van der Waals surface area contributed by atoms with Gasteiger partial charge in [0, 0.05) is 11.5 Å². The molecular formula is C30H33NO5. The van der Waals surface area contributed by atoms with E-state index in [1.165, 1.54) is 18.2 Å². The van der Waals surface area contributed by atoms with Crippen molar-refractivity contribution >= 4 is 17.7 Å². The van der Waals surface area contributed by atoms with Crippen LogP contribution in [-0.2, 0) is 14.3 Å². The number of rotatable bonds is 7. The van der Waals surface area contributed by atoms with Crippen molar-refractivity contribution in [2.24, 2.45) is 0 Å². The molecule has 6 nitrogen and oxygen atoms in total. The molecule has 1 N–H and O–H groups in total. The van der Waals surface area contributed by atoms with E-state index in [-0.39, 0.29) is 18.5 Å². The Balaban J connectivity index is 1.50. The third-order valence-electron chi connectivity index (χ3n) is 6.30. The van der Waals surface area contributed by atoms with Crippen molar-refractivity contribution in [3.05, 3.63) is 83.4 Å². The van der Waals surface area contributed by atoms with E-state index in [9.17, 15) is 9.59 Å². The van der Waals surface area contributed by atoms with Gasteiger partial charge in [0.05, 0.1) is 18.7 Å². The summed E-state index contributed by atoms with van der Waals surface area (Å²) in [7, 11) is 1.52. The number of benzene rings is 3. The molecule has 3 aromatic carbocycles. The van der Waals surface area contributed by atoms with E-state index in [2.05, 4.69) is 29.6 Å². The first-order valence-electron chi connectivity index (χ1n) is 12.2. The molecule has 1 amide bonds. The summed E-state index contributed by atoms with van der Waals surface area (Å²) in [5.74, 6) is -0.471. The average Bonchev–Trinajstić information content (AvgIpc) is 3.16. The number of fused-ring (bicyclic) bond motifs is 3. The lowest BCUT2D eigenvalue weighted by molar-refractivity contribution is -0.156. The van der Waals surface area contributed by atoms with Crippen LogP contribution >= 0.6 is 0 Å². The Hall–Kier alpha value is -3.80. The van der Waals surface area contributed by atoms with Gasteiger partial charge in [0.1, 0.15) is 18.0 Å². The second-order valence-electron chi connectivity index (χ2n) is 9.87. The Morgan fingerprint density at radius 3 is 2.08 bits per heavy atom. The van der Waals surface area contributed by atoms with Gasteiger partial charge in [0.2, 0.25) is 0 Å². The van der Waals surface area contributed by atoms with Crippen LogP contribution in [0, 0.1) is 0 Å². The molecule has 0 saturated heterocycles. The van der Waals surface area contributed by atoms with Gasteiger partial charge in [-0.15, -0.1) is 0 Å². The lowest BCUT2D eigenvalue weighted by Gasteiger charge is -2.25. The molecule has 6 heteroatoms. The molecule has 4 rings (SSSR count). The zero-order valence-corrected chi connectivity index (χ0v) is 21.5. The first kappa shape index (κ1) is 25.3. The molecule has 0 fully saturated rings. The molecule has 0 heterocycles. The van der Waals surface area contributed by atoms with Gasteiger partial charge in [-0.2, -0.15) is 0 Å². The highest BCUT2D eigenvalue weighted by atomic mass is 16.6. The minimum Gasteiger partial charge on any atom is -0.494 e. The van der Waals surface area contributed by atoms with Gasteiger partial charge < -0.3 is 14.2 Å². The number of carbonyl (C=O) groups is 2. The Morgan fingerprint density at radius 1 is 0.917 bits per heavy atom. The quantitative estimate of drug-likeness (QED) is 0.367. The van der Waals surface area contributed by atoms with Crippen molar-refractivity contribution in [1.29, 1.82) is 0 Å². The van der Waals surface area contributed by atoms with Crippen molar-refractivity contribution in [3.8, 4) is 16.9 Å². The van der Waals surface area contributed by atoms with Gasteiger partial charge in [0.25, 0.3) is 0 Å². The highest BCUT2D eigenvalue weighted by Gasteiger charge is 2.30. The van der Waals surface area contributed by atoms with Crippen molar-refractivity contribution < 1.29 is 23.8 Å². The van der Waals surface area contributed by atoms with Crippen LogP contribution in [-0.4, -0.2) is 31.4 Å². The molecular weight excluding hydrogens is 454 g/mol. The third-order valence-corrected chi connectivity index (χ3v) is 6.30. The fourth-order valence-electron chi connectivity index (χ4n) is 4.79. The number of hydrogen-bond acceptors (Lipinski definition) is 5. The molecule has 3 aromatic rings. The number of methoxy groups -OCH3 is 1. The maximum atomic E-state index is 12.9. The van der Waals surface area contributed by atoms with E-state index in [4.69, 9.17) is 14.2 Å². The predicted molar refractivity (Wildman–Crippen MR) is 141 cm³/mol. The molecule has 0 bridgehead atoms. The van der Waals surface area contributed by atoms with Crippen LogP contribution in [0.1, 0.15) is 62.6 Å². The summed E-state index contributed by atoms with van der Waals surface area (Å²) in [6, 6.07) is 21.7. The van der Waals surface area contributed by atoms with Crippen LogP contribution in [0.3, 0.4) is 0 Å². The highest BCUT2D eigenvalue weighted by Crippen LogP contribution is 2.44. The standard InChI is InChI=1S/C30H33NO5/c1-6-19(28(32)36-30(2,3)4)24-16-11-17-26(27(24)34-5)31-29(33)35-18-25-22-14-9-7-12-20(22)21-13-8-10-15-23(21)25/h7-17,19,25H,6,18H2,1-5H3,(H,31,33). The first-order valence-corrected chi connectivity index (χ1v) is 12.2. The SMILES string of the molecule is CCC(C(=O)OC(C)(C)C)c1cccc(NC(=O)OCC2c3ccccc3-c3ccccc32)c1OC. The largest absolute Gasteiger partial charge is 0.494 e. The highest BCUT2D eigenvalue weighted by molar-refractivity contribution is 5.89. The summed E-state index contributed by atoms with van der Waals surface area (Å²) >= 11 is 0. The molecule has 1 unspecified atom stereocenters. The van der Waals surface area contributed by atoms with E-state index < -0.39 is 17.6 Å². The molecule has 0 aliphatic heterocycles. The van der Waals surface area contributed by atoms with Gasteiger partial charge in [-0.05, 0) is 55.5 Å². The topological polar surface area (TPSA) is 73.9 Å². The van der Waals surface area contributed by atoms with Crippen molar-refractivity contribution in [2.45, 2.75) is 51.6 Å². The monoisotopic (exact) mass is 487 g/mol. The average molecular weight is 488 g/mol. The van der Waals surface area contributed by atoms with Gasteiger partial charge >= 0.3 is 12.1 Å². The molecule has 1 aliphatic rings. The van der Waals surface area contributed by atoms with Crippen LogP contribution < -0.4 is 10.1 Å². The molecule has 1 atom stereocenters. The summed E-state index contributed by atoms with van der Waals surface area (Å²) in [5.41, 5.74) is 5.13. The second-order valence-corrected chi connectivity index (χ2v) is 9.87. The van der Waals surface area contributed by atoms with Crippen molar-refractivity contribution in [3.63, 3.8) is 0 Å². The molecule has 0 aromatic heterocycles.